The SMILES string of the molecule is CCCC=C1OC(=O)C2=C[C@H]3CC[C@@]12[C@H]1C2=C(CC[C@@H]31)/C(=C/CCC)OC2=O. The number of fused-ring (bicyclic) bond motifs is 1. The number of carbonyl (C=O) groups excluding carboxylic acids is 2. The number of allylic oxidation sites excluding steroid dienone is 5. The lowest BCUT2D eigenvalue weighted by molar-refractivity contribution is -0.135. The number of hydrogen-bond donors (Lipinski definition) is 0. The molecule has 28 heavy (non-hydrogen) atoms. The van der Waals surface area contributed by atoms with Gasteiger partial charge in [0.25, 0.3) is 0 Å². The summed E-state index contributed by atoms with van der Waals surface area (Å²) < 4.78 is 11.6. The van der Waals surface area contributed by atoms with Crippen LogP contribution in [-0.2, 0) is 19.1 Å². The molecule has 0 N–H and O–H groups in total. The topological polar surface area (TPSA) is 52.6 Å². The maximum atomic E-state index is 13.0. The summed E-state index contributed by atoms with van der Waals surface area (Å²) in [5.41, 5.74) is 2.29. The van der Waals surface area contributed by atoms with Gasteiger partial charge in [0.2, 0.25) is 0 Å². The van der Waals surface area contributed by atoms with Crippen molar-refractivity contribution in [3.8, 4) is 0 Å². The third-order valence-corrected chi connectivity index (χ3v) is 7.43. The molecule has 4 atom stereocenters. The second-order valence-electron chi connectivity index (χ2n) is 8.82. The van der Waals surface area contributed by atoms with E-state index in [0.29, 0.717) is 11.8 Å². The van der Waals surface area contributed by atoms with Crippen molar-refractivity contribution in [3.63, 3.8) is 0 Å². The Balaban J connectivity index is 1.68. The van der Waals surface area contributed by atoms with E-state index in [2.05, 4.69) is 32.1 Å². The molecule has 0 aromatic rings. The number of unbranched alkanes of at least 4 members (excludes halogenated alkanes) is 2. The van der Waals surface area contributed by atoms with E-state index in [9.17, 15) is 9.59 Å². The molecule has 1 saturated carbocycles. The fourth-order valence-electron chi connectivity index (χ4n) is 6.29. The van der Waals surface area contributed by atoms with Gasteiger partial charge < -0.3 is 9.47 Å². The number of cyclic esters (lactones) is 2. The molecule has 148 valence electrons. The Morgan fingerprint density at radius 2 is 1.86 bits per heavy atom. The fourth-order valence-corrected chi connectivity index (χ4v) is 6.29. The molecule has 6 aliphatic rings. The molecule has 1 spiro atoms. The number of rotatable bonds is 4. The van der Waals surface area contributed by atoms with Crippen LogP contribution in [0.1, 0.15) is 65.2 Å². The standard InChI is InChI=1S/C24H28O4/c1-3-5-7-18-16-10-9-15-14-11-12-24(21(15)20(16)23(26)27-18)17(13-14)22(25)28-19(24)8-6-4-2/h7-8,13-15,21H,3-6,9-12H2,1-2H3/b18-7-,19-8?/t14-,15+,21-,24+/m1/s1. The molecular weight excluding hydrogens is 352 g/mol. The van der Waals surface area contributed by atoms with Gasteiger partial charge in [-0.3, -0.25) is 0 Å². The highest BCUT2D eigenvalue weighted by Crippen LogP contribution is 2.68. The quantitative estimate of drug-likeness (QED) is 0.635. The molecule has 4 nitrogen and oxygen atoms in total. The van der Waals surface area contributed by atoms with Gasteiger partial charge in [0, 0.05) is 22.6 Å². The first-order valence-electron chi connectivity index (χ1n) is 10.9. The Labute approximate surface area is 166 Å². The molecule has 0 radical (unpaired) electrons. The van der Waals surface area contributed by atoms with Crippen molar-refractivity contribution in [1.29, 1.82) is 0 Å². The molecule has 0 amide bonds. The van der Waals surface area contributed by atoms with Gasteiger partial charge in [-0.25, -0.2) is 9.59 Å². The van der Waals surface area contributed by atoms with E-state index in [-0.39, 0.29) is 17.9 Å². The normalized spacial score (nSPS) is 38.4. The van der Waals surface area contributed by atoms with Gasteiger partial charge in [-0.05, 0) is 62.5 Å². The maximum Gasteiger partial charge on any atom is 0.340 e. The summed E-state index contributed by atoms with van der Waals surface area (Å²) in [6, 6.07) is 0. The highest BCUT2D eigenvalue weighted by Gasteiger charge is 2.66. The monoisotopic (exact) mass is 380 g/mol. The van der Waals surface area contributed by atoms with Crippen molar-refractivity contribution >= 4 is 11.9 Å². The van der Waals surface area contributed by atoms with E-state index < -0.39 is 5.41 Å². The van der Waals surface area contributed by atoms with Gasteiger partial charge in [0.15, 0.2) is 0 Å². The summed E-state index contributed by atoms with van der Waals surface area (Å²) in [5.74, 6) is 1.96. The highest BCUT2D eigenvalue weighted by atomic mass is 16.5. The lowest BCUT2D eigenvalue weighted by Crippen LogP contribution is -2.50. The first-order valence-corrected chi connectivity index (χ1v) is 10.9. The van der Waals surface area contributed by atoms with Gasteiger partial charge in [0.05, 0.1) is 5.41 Å². The van der Waals surface area contributed by atoms with Crippen molar-refractivity contribution in [2.75, 3.05) is 0 Å². The Kier molecular flexibility index (Phi) is 4.15. The molecule has 0 aromatic heterocycles. The number of hydrogen-bond acceptors (Lipinski definition) is 4. The Hall–Kier alpha value is -2.10. The Bertz CT molecular complexity index is 871. The lowest BCUT2D eigenvalue weighted by atomic mass is 9.47. The molecule has 6 rings (SSSR count). The molecule has 2 fully saturated rings. The zero-order valence-electron chi connectivity index (χ0n) is 16.8. The van der Waals surface area contributed by atoms with E-state index in [1.807, 2.05) is 0 Å². The smallest absolute Gasteiger partial charge is 0.340 e. The van der Waals surface area contributed by atoms with Crippen LogP contribution >= 0.6 is 0 Å². The zero-order chi connectivity index (χ0) is 19.5. The fraction of sp³-hybridized carbons (Fsp3) is 0.583. The van der Waals surface area contributed by atoms with Crippen molar-refractivity contribution in [2.24, 2.45) is 23.2 Å². The minimum Gasteiger partial charge on any atom is -0.427 e. The Morgan fingerprint density at radius 3 is 2.64 bits per heavy atom. The summed E-state index contributed by atoms with van der Waals surface area (Å²) in [7, 11) is 0. The number of ether oxygens (including phenoxy) is 2. The van der Waals surface area contributed by atoms with Crippen molar-refractivity contribution in [2.45, 2.75) is 65.2 Å². The molecule has 2 heterocycles. The average Bonchev–Trinajstić information content (AvgIpc) is 3.19. The molecule has 1 saturated heterocycles. The molecular formula is C24H28O4. The summed E-state index contributed by atoms with van der Waals surface area (Å²) >= 11 is 0. The average molecular weight is 380 g/mol. The van der Waals surface area contributed by atoms with E-state index in [0.717, 1.165) is 79.6 Å². The van der Waals surface area contributed by atoms with Gasteiger partial charge in [-0.1, -0.05) is 32.8 Å². The maximum absolute atomic E-state index is 13.0. The van der Waals surface area contributed by atoms with Crippen LogP contribution < -0.4 is 0 Å². The Morgan fingerprint density at radius 1 is 1.07 bits per heavy atom. The summed E-state index contributed by atoms with van der Waals surface area (Å²) in [6.45, 7) is 4.26. The third kappa shape index (κ3) is 2.23. The minimum absolute atomic E-state index is 0.0181. The van der Waals surface area contributed by atoms with Crippen molar-refractivity contribution in [1.82, 2.24) is 0 Å². The molecule has 4 heteroatoms. The van der Waals surface area contributed by atoms with Gasteiger partial charge in [-0.2, -0.15) is 0 Å². The van der Waals surface area contributed by atoms with E-state index >= 15 is 0 Å². The predicted molar refractivity (Wildman–Crippen MR) is 105 cm³/mol. The molecule has 2 bridgehead atoms. The van der Waals surface area contributed by atoms with Crippen LogP contribution in [0, 0.1) is 23.2 Å². The van der Waals surface area contributed by atoms with Crippen LogP contribution in [0.3, 0.4) is 0 Å². The first-order chi connectivity index (χ1) is 13.6. The largest absolute Gasteiger partial charge is 0.427 e. The predicted octanol–water partition coefficient (Wildman–Crippen LogP) is 5.13. The van der Waals surface area contributed by atoms with Gasteiger partial charge in [0.1, 0.15) is 11.5 Å². The second-order valence-corrected chi connectivity index (χ2v) is 8.82. The summed E-state index contributed by atoms with van der Waals surface area (Å²) in [6.07, 6.45) is 14.1. The van der Waals surface area contributed by atoms with E-state index in [1.165, 1.54) is 0 Å². The van der Waals surface area contributed by atoms with Crippen LogP contribution in [0.2, 0.25) is 0 Å². The van der Waals surface area contributed by atoms with E-state index in [1.54, 1.807) is 0 Å². The molecule has 0 unspecified atom stereocenters. The van der Waals surface area contributed by atoms with Crippen LogP contribution in [0.5, 0.6) is 0 Å². The number of carbonyl (C=O) groups is 2. The molecule has 0 aromatic carbocycles. The highest BCUT2D eigenvalue weighted by molar-refractivity contribution is 5.99. The van der Waals surface area contributed by atoms with Gasteiger partial charge >= 0.3 is 11.9 Å². The van der Waals surface area contributed by atoms with Crippen molar-refractivity contribution < 1.29 is 19.1 Å². The molecule has 2 aliphatic heterocycles. The van der Waals surface area contributed by atoms with Crippen LogP contribution in [0.4, 0.5) is 0 Å². The van der Waals surface area contributed by atoms with Crippen LogP contribution in [0.15, 0.2) is 46.5 Å². The first kappa shape index (κ1) is 18.0. The van der Waals surface area contributed by atoms with Crippen LogP contribution in [-0.4, -0.2) is 11.9 Å². The second kappa shape index (κ2) is 6.47. The van der Waals surface area contributed by atoms with E-state index in [4.69, 9.17) is 9.47 Å². The molecule has 4 aliphatic carbocycles. The number of esters is 2. The summed E-state index contributed by atoms with van der Waals surface area (Å²) in [5, 5.41) is 0. The third-order valence-electron chi connectivity index (χ3n) is 7.43. The van der Waals surface area contributed by atoms with Crippen molar-refractivity contribution in [3.05, 3.63) is 46.5 Å². The zero-order valence-corrected chi connectivity index (χ0v) is 16.8. The van der Waals surface area contributed by atoms with Gasteiger partial charge in [-0.15, -0.1) is 0 Å². The minimum atomic E-state index is -0.452. The lowest BCUT2D eigenvalue weighted by Gasteiger charge is -2.54. The summed E-state index contributed by atoms with van der Waals surface area (Å²) in [4.78, 5) is 25.8. The van der Waals surface area contributed by atoms with Crippen LogP contribution in [0.25, 0.3) is 0 Å².